The maximum Gasteiger partial charge on any atom is 0.337 e. The molecule has 0 aliphatic carbocycles. The molecule has 0 amide bonds. The maximum atomic E-state index is 11.6. The Kier molecular flexibility index (Phi) is 5.87. The zero-order valence-corrected chi connectivity index (χ0v) is 10.2. The predicted octanol–water partition coefficient (Wildman–Crippen LogP) is -0.441. The number of carbonyl (C=O) groups is 4. The zero-order chi connectivity index (χ0) is 15.2. The number of carbonyl (C=O) groups excluding carboxylic acids is 2. The van der Waals surface area contributed by atoms with Crippen molar-refractivity contribution in [2.45, 2.75) is 25.4 Å². The third-order valence-electron chi connectivity index (χ3n) is 2.30. The molecule has 0 saturated heterocycles. The number of ether oxygens (including phenoxy) is 1. The Balaban J connectivity index is 5.45. The Morgan fingerprint density at radius 2 is 1.84 bits per heavy atom. The summed E-state index contributed by atoms with van der Waals surface area (Å²) in [5, 5.41) is 27.4. The van der Waals surface area contributed by atoms with Crippen molar-refractivity contribution in [1.82, 2.24) is 0 Å². The lowest BCUT2D eigenvalue weighted by Gasteiger charge is -2.28. The molecule has 0 spiro atoms. The van der Waals surface area contributed by atoms with Gasteiger partial charge in [-0.2, -0.15) is 0 Å². The van der Waals surface area contributed by atoms with Crippen LogP contribution in [0.2, 0.25) is 0 Å². The van der Waals surface area contributed by atoms with Crippen molar-refractivity contribution >= 4 is 23.9 Å². The van der Waals surface area contributed by atoms with Gasteiger partial charge in [-0.15, -0.1) is 6.58 Å². The van der Waals surface area contributed by atoms with E-state index in [9.17, 15) is 24.3 Å². The summed E-state index contributed by atoms with van der Waals surface area (Å²) < 4.78 is 4.20. The van der Waals surface area contributed by atoms with Gasteiger partial charge < -0.3 is 20.1 Å². The van der Waals surface area contributed by atoms with Crippen molar-refractivity contribution in [3.8, 4) is 0 Å². The van der Waals surface area contributed by atoms with Crippen molar-refractivity contribution < 1.29 is 39.2 Å². The minimum Gasteiger partial charge on any atom is -0.481 e. The van der Waals surface area contributed by atoms with Crippen LogP contribution in [0.3, 0.4) is 0 Å². The molecule has 0 aliphatic rings. The molecule has 2 atom stereocenters. The molecule has 8 nitrogen and oxygen atoms in total. The Labute approximate surface area is 108 Å². The van der Waals surface area contributed by atoms with E-state index in [4.69, 9.17) is 10.2 Å². The molecule has 8 heteroatoms. The Hall–Kier alpha value is -2.22. The number of aliphatic carboxylic acids is 2. The predicted molar refractivity (Wildman–Crippen MR) is 59.9 cm³/mol. The molecular weight excluding hydrogens is 260 g/mol. The lowest BCUT2D eigenvalue weighted by Crippen LogP contribution is -2.51. The average molecular weight is 274 g/mol. The van der Waals surface area contributed by atoms with Gasteiger partial charge in [-0.25, -0.2) is 4.79 Å². The van der Waals surface area contributed by atoms with E-state index in [0.29, 0.717) is 0 Å². The van der Waals surface area contributed by atoms with Crippen molar-refractivity contribution in [3.05, 3.63) is 12.7 Å². The van der Waals surface area contributed by atoms with Gasteiger partial charge in [0.1, 0.15) is 5.92 Å². The molecular formula is C11H14O8. The number of hydrogen-bond acceptors (Lipinski definition) is 6. The van der Waals surface area contributed by atoms with Crippen LogP contribution < -0.4 is 0 Å². The number of rotatable bonds is 7. The van der Waals surface area contributed by atoms with E-state index < -0.39 is 41.8 Å². The molecule has 2 unspecified atom stereocenters. The van der Waals surface area contributed by atoms with Crippen LogP contribution >= 0.6 is 0 Å². The minimum absolute atomic E-state index is 0.359. The fourth-order valence-corrected chi connectivity index (χ4v) is 1.44. The van der Waals surface area contributed by atoms with E-state index in [1.165, 1.54) is 0 Å². The third-order valence-corrected chi connectivity index (χ3v) is 2.30. The largest absolute Gasteiger partial charge is 0.481 e. The first-order valence-corrected chi connectivity index (χ1v) is 5.15. The number of aliphatic hydroxyl groups is 1. The first-order valence-electron chi connectivity index (χ1n) is 5.15. The molecule has 0 aromatic carbocycles. The second kappa shape index (κ2) is 6.64. The smallest absolute Gasteiger partial charge is 0.337 e. The van der Waals surface area contributed by atoms with Crippen LogP contribution in [0.15, 0.2) is 12.7 Å². The zero-order valence-electron chi connectivity index (χ0n) is 10.2. The van der Waals surface area contributed by atoms with Gasteiger partial charge in [0.05, 0.1) is 6.42 Å². The van der Waals surface area contributed by atoms with E-state index in [0.717, 1.165) is 13.0 Å². The highest BCUT2D eigenvalue weighted by Crippen LogP contribution is 2.27. The lowest BCUT2D eigenvalue weighted by molar-refractivity contribution is -0.182. The van der Waals surface area contributed by atoms with Gasteiger partial charge in [0.25, 0.3) is 0 Å². The van der Waals surface area contributed by atoms with E-state index >= 15 is 0 Å². The topological polar surface area (TPSA) is 138 Å². The second-order valence-corrected chi connectivity index (χ2v) is 3.79. The highest BCUT2D eigenvalue weighted by molar-refractivity contribution is 5.93. The van der Waals surface area contributed by atoms with Crippen molar-refractivity contribution in [3.63, 3.8) is 0 Å². The normalized spacial score (nSPS) is 14.8. The van der Waals surface area contributed by atoms with E-state index in [2.05, 4.69) is 11.3 Å². The molecule has 0 aromatic rings. The van der Waals surface area contributed by atoms with Crippen LogP contribution in [0.5, 0.6) is 0 Å². The van der Waals surface area contributed by atoms with Gasteiger partial charge in [0.2, 0.25) is 0 Å². The summed E-state index contributed by atoms with van der Waals surface area (Å²) in [4.78, 5) is 43.9. The van der Waals surface area contributed by atoms with E-state index in [1.807, 2.05) is 0 Å². The maximum absolute atomic E-state index is 11.6. The third kappa shape index (κ3) is 4.51. The number of carboxylic acids is 2. The van der Waals surface area contributed by atoms with Crippen LogP contribution in [0.1, 0.15) is 19.8 Å². The molecule has 0 aliphatic heterocycles. The molecule has 106 valence electrons. The Bertz CT molecular complexity index is 413. The Morgan fingerprint density at radius 3 is 2.16 bits per heavy atom. The van der Waals surface area contributed by atoms with Gasteiger partial charge in [-0.1, -0.05) is 6.08 Å². The van der Waals surface area contributed by atoms with Crippen LogP contribution in [-0.2, 0) is 23.9 Å². The summed E-state index contributed by atoms with van der Waals surface area (Å²) in [6.07, 6.45) is -0.460. The highest BCUT2D eigenvalue weighted by atomic mass is 16.6. The molecule has 0 heterocycles. The lowest BCUT2D eigenvalue weighted by atomic mass is 9.82. The van der Waals surface area contributed by atoms with E-state index in [1.54, 1.807) is 0 Å². The van der Waals surface area contributed by atoms with Crippen LogP contribution in [0.4, 0.5) is 0 Å². The number of hydrogen-bond donors (Lipinski definition) is 3. The number of carboxylic acid groups (broad SMARTS) is 2. The number of esters is 2. The van der Waals surface area contributed by atoms with Crippen LogP contribution in [0.25, 0.3) is 0 Å². The summed E-state index contributed by atoms with van der Waals surface area (Å²) in [5.74, 6) is -7.58. The van der Waals surface area contributed by atoms with Gasteiger partial charge in [0.15, 0.2) is 5.60 Å². The van der Waals surface area contributed by atoms with E-state index in [-0.39, 0.29) is 6.42 Å². The molecule has 0 aromatic heterocycles. The molecule has 0 rings (SSSR count). The molecule has 3 N–H and O–H groups in total. The first kappa shape index (κ1) is 16.8. The summed E-state index contributed by atoms with van der Waals surface area (Å²) in [7, 11) is 0. The van der Waals surface area contributed by atoms with Crippen molar-refractivity contribution in [1.29, 1.82) is 0 Å². The number of allylic oxidation sites excluding steroid dienone is 1. The molecule has 0 radical (unpaired) electrons. The summed E-state index contributed by atoms with van der Waals surface area (Å²) >= 11 is 0. The molecule has 0 fully saturated rings. The fourth-order valence-electron chi connectivity index (χ4n) is 1.44. The highest BCUT2D eigenvalue weighted by Gasteiger charge is 2.50. The summed E-state index contributed by atoms with van der Waals surface area (Å²) in [6, 6.07) is 0. The molecule has 0 bridgehead atoms. The minimum atomic E-state index is -2.88. The van der Waals surface area contributed by atoms with Crippen LogP contribution in [-0.4, -0.2) is 44.8 Å². The van der Waals surface area contributed by atoms with Crippen molar-refractivity contribution in [2.75, 3.05) is 0 Å². The van der Waals surface area contributed by atoms with Gasteiger partial charge in [-0.3, -0.25) is 14.4 Å². The van der Waals surface area contributed by atoms with Crippen molar-refractivity contribution in [2.24, 2.45) is 5.92 Å². The molecule has 19 heavy (non-hydrogen) atoms. The first-order chi connectivity index (χ1) is 8.65. The van der Waals surface area contributed by atoms with Gasteiger partial charge in [0, 0.05) is 6.92 Å². The summed E-state index contributed by atoms with van der Waals surface area (Å²) in [5.41, 5.74) is -2.88. The SMILES string of the molecule is C=CCC(C(=O)OC(C)=O)C(O)(CC(=O)O)C(=O)O. The van der Waals surface area contributed by atoms with Gasteiger partial charge in [-0.05, 0) is 6.42 Å². The van der Waals surface area contributed by atoms with Crippen LogP contribution in [0, 0.1) is 5.92 Å². The fraction of sp³-hybridized carbons (Fsp3) is 0.455. The second-order valence-electron chi connectivity index (χ2n) is 3.79. The standard InChI is InChI=1S/C11H14O8/c1-3-4-7(9(15)19-6(2)12)11(18,10(16)17)5-8(13)14/h3,7,18H,1,4-5H2,2H3,(H,13,14)(H,16,17). The van der Waals surface area contributed by atoms with Gasteiger partial charge >= 0.3 is 23.9 Å². The summed E-state index contributed by atoms with van der Waals surface area (Å²) in [6.45, 7) is 4.19. The molecule has 0 saturated carbocycles. The average Bonchev–Trinajstić information content (AvgIpc) is 2.23. The Morgan fingerprint density at radius 1 is 1.32 bits per heavy atom. The quantitative estimate of drug-likeness (QED) is 0.322. The monoisotopic (exact) mass is 274 g/mol.